The Bertz CT molecular complexity index is 1240. The molecule has 0 bridgehead atoms. The normalized spacial score (nSPS) is 10.5. The van der Waals surface area contributed by atoms with Crippen LogP contribution >= 0.6 is 0 Å². The monoisotopic (exact) mass is 550 g/mol. The fraction of sp³-hybridized carbons (Fsp3) is 0.469. The number of Topliss-reactive ketones (excluding diaryl/α,β-unsaturated/α-hetero) is 1. The molecule has 3 aromatic rings. The summed E-state index contributed by atoms with van der Waals surface area (Å²) in [6.07, 6.45) is 6.19. The molecular formula is C32H46N4O4. The second-order valence-electron chi connectivity index (χ2n) is 9.63. The molecule has 1 aromatic heterocycles. The van der Waals surface area contributed by atoms with Crippen molar-refractivity contribution in [3.8, 4) is 16.9 Å². The Morgan fingerprint density at radius 3 is 2.17 bits per heavy atom. The molecule has 0 aliphatic carbocycles. The van der Waals surface area contributed by atoms with Crippen LogP contribution in [-0.4, -0.2) is 47.3 Å². The first-order valence-electron chi connectivity index (χ1n) is 14.5. The minimum absolute atomic E-state index is 0.144. The van der Waals surface area contributed by atoms with E-state index in [0.29, 0.717) is 17.1 Å². The molecule has 2 N–H and O–H groups in total. The molecule has 0 aliphatic heterocycles. The Hall–Kier alpha value is -3.65. The van der Waals surface area contributed by atoms with Crippen LogP contribution in [-0.2, 0) is 11.3 Å². The standard InChI is InChI=1S/C23H25N3O4.C9H21N/c1-4-30-22(28)24-14-15-25-20(17(3)27)21(18-11-6-5-7-12-18)26(23(25)29)19-13-9-8-10-16(19)2;1-3-5-6-7-9-10-8-4-2/h5-13H,4,14-15H2,1-3H3,(H,24,28);10H,3-9H2,1-2H3. The number of ketones is 1. The predicted molar refractivity (Wildman–Crippen MR) is 163 cm³/mol. The largest absolute Gasteiger partial charge is 0.450 e. The number of ether oxygens (including phenoxy) is 1. The number of carbonyl (C=O) groups excluding carboxylic acids is 2. The summed E-state index contributed by atoms with van der Waals surface area (Å²) in [7, 11) is 0. The number of nitrogens with one attached hydrogen (secondary N) is 2. The van der Waals surface area contributed by atoms with Gasteiger partial charge in [0.1, 0.15) is 5.69 Å². The molecule has 0 atom stereocenters. The van der Waals surface area contributed by atoms with E-state index in [1.54, 1.807) is 11.5 Å². The van der Waals surface area contributed by atoms with Crippen molar-refractivity contribution < 1.29 is 14.3 Å². The summed E-state index contributed by atoms with van der Waals surface area (Å²) in [5, 5.41) is 6.00. The van der Waals surface area contributed by atoms with Crippen molar-refractivity contribution in [3.63, 3.8) is 0 Å². The Morgan fingerprint density at radius 2 is 1.55 bits per heavy atom. The zero-order valence-corrected chi connectivity index (χ0v) is 24.8. The maximum absolute atomic E-state index is 13.5. The lowest BCUT2D eigenvalue weighted by molar-refractivity contribution is 0.100. The molecule has 1 amide bonds. The van der Waals surface area contributed by atoms with E-state index in [1.807, 2.05) is 61.5 Å². The Kier molecular flexibility index (Phi) is 14.5. The molecule has 2 aromatic carbocycles. The van der Waals surface area contributed by atoms with Crippen LogP contribution in [0.5, 0.6) is 0 Å². The van der Waals surface area contributed by atoms with Gasteiger partial charge in [-0.2, -0.15) is 0 Å². The number of carbonyl (C=O) groups is 2. The first kappa shape index (κ1) is 32.6. The van der Waals surface area contributed by atoms with Gasteiger partial charge in [-0.1, -0.05) is 81.6 Å². The minimum Gasteiger partial charge on any atom is -0.450 e. The second-order valence-corrected chi connectivity index (χ2v) is 9.63. The topological polar surface area (TPSA) is 94.4 Å². The quantitative estimate of drug-likeness (QED) is 0.186. The van der Waals surface area contributed by atoms with Crippen LogP contribution in [0.15, 0.2) is 59.4 Å². The number of aromatic nitrogens is 2. The molecule has 218 valence electrons. The van der Waals surface area contributed by atoms with E-state index in [4.69, 9.17) is 4.74 Å². The molecule has 0 radical (unpaired) electrons. The van der Waals surface area contributed by atoms with E-state index >= 15 is 0 Å². The molecule has 0 saturated carbocycles. The molecule has 0 spiro atoms. The van der Waals surface area contributed by atoms with Crippen LogP contribution in [0.1, 0.15) is 75.9 Å². The van der Waals surface area contributed by atoms with Crippen LogP contribution in [0, 0.1) is 6.92 Å². The second kappa shape index (κ2) is 17.8. The van der Waals surface area contributed by atoms with Gasteiger partial charge < -0.3 is 15.4 Å². The zero-order valence-electron chi connectivity index (χ0n) is 24.8. The fourth-order valence-corrected chi connectivity index (χ4v) is 4.44. The molecule has 0 unspecified atom stereocenters. The Balaban J connectivity index is 0.000000478. The van der Waals surface area contributed by atoms with Gasteiger partial charge in [0, 0.05) is 25.6 Å². The average molecular weight is 551 g/mol. The highest BCUT2D eigenvalue weighted by atomic mass is 16.5. The van der Waals surface area contributed by atoms with Gasteiger partial charge in [-0.15, -0.1) is 0 Å². The van der Waals surface area contributed by atoms with E-state index in [1.165, 1.54) is 56.7 Å². The van der Waals surface area contributed by atoms with E-state index in [0.717, 1.165) is 11.1 Å². The number of nitrogens with zero attached hydrogens (tertiary/aromatic N) is 2. The predicted octanol–water partition coefficient (Wildman–Crippen LogP) is 6.13. The third kappa shape index (κ3) is 9.52. The van der Waals surface area contributed by atoms with Crippen molar-refractivity contribution in [2.24, 2.45) is 0 Å². The van der Waals surface area contributed by atoms with Gasteiger partial charge in [0.25, 0.3) is 0 Å². The van der Waals surface area contributed by atoms with E-state index in [2.05, 4.69) is 24.5 Å². The molecule has 0 aliphatic rings. The number of rotatable bonds is 14. The van der Waals surface area contributed by atoms with Crippen LogP contribution in [0.3, 0.4) is 0 Å². The first-order valence-corrected chi connectivity index (χ1v) is 14.5. The van der Waals surface area contributed by atoms with Crippen molar-refractivity contribution in [2.45, 2.75) is 73.3 Å². The van der Waals surface area contributed by atoms with Gasteiger partial charge >= 0.3 is 11.8 Å². The first-order chi connectivity index (χ1) is 19.4. The maximum Gasteiger partial charge on any atom is 0.407 e. The van der Waals surface area contributed by atoms with Crippen LogP contribution in [0.4, 0.5) is 4.79 Å². The van der Waals surface area contributed by atoms with Crippen molar-refractivity contribution in [1.29, 1.82) is 0 Å². The third-order valence-electron chi connectivity index (χ3n) is 6.39. The summed E-state index contributed by atoms with van der Waals surface area (Å²) in [6.45, 7) is 12.5. The lowest BCUT2D eigenvalue weighted by atomic mass is 10.1. The van der Waals surface area contributed by atoms with Crippen molar-refractivity contribution >= 4 is 11.9 Å². The van der Waals surface area contributed by atoms with Gasteiger partial charge in [0.05, 0.1) is 18.0 Å². The van der Waals surface area contributed by atoms with Gasteiger partial charge in [0.2, 0.25) is 0 Å². The summed E-state index contributed by atoms with van der Waals surface area (Å²) in [5.41, 5.74) is 2.90. The number of aryl methyl sites for hydroxylation is 1. The number of imidazole rings is 1. The lowest BCUT2D eigenvalue weighted by Crippen LogP contribution is -2.32. The Labute approximate surface area is 238 Å². The zero-order chi connectivity index (χ0) is 29.3. The molecule has 40 heavy (non-hydrogen) atoms. The highest BCUT2D eigenvalue weighted by Crippen LogP contribution is 2.27. The molecule has 0 saturated heterocycles. The van der Waals surface area contributed by atoms with Gasteiger partial charge in [0.15, 0.2) is 5.78 Å². The van der Waals surface area contributed by atoms with Crippen molar-refractivity contribution in [3.05, 3.63) is 76.3 Å². The molecule has 0 fully saturated rings. The number of para-hydroxylation sites is 1. The molecular weight excluding hydrogens is 504 g/mol. The number of hydrogen-bond donors (Lipinski definition) is 2. The number of hydrogen-bond acceptors (Lipinski definition) is 5. The SMILES string of the molecule is CCCCCCNCCC.CCOC(=O)NCCn1c(C(C)=O)c(-c2ccccc2)n(-c2ccccc2C)c1=O. The van der Waals surface area contributed by atoms with Crippen LogP contribution < -0.4 is 16.3 Å². The van der Waals surface area contributed by atoms with Crippen molar-refractivity contribution in [2.75, 3.05) is 26.2 Å². The lowest BCUT2D eigenvalue weighted by Gasteiger charge is -2.11. The highest BCUT2D eigenvalue weighted by molar-refractivity contribution is 5.99. The average Bonchev–Trinajstić information content (AvgIpc) is 3.24. The summed E-state index contributed by atoms with van der Waals surface area (Å²) in [5.74, 6) is -0.227. The van der Waals surface area contributed by atoms with Crippen LogP contribution in [0.2, 0.25) is 0 Å². The fourth-order valence-electron chi connectivity index (χ4n) is 4.44. The molecule has 3 rings (SSSR count). The van der Waals surface area contributed by atoms with E-state index in [9.17, 15) is 14.4 Å². The summed E-state index contributed by atoms with van der Waals surface area (Å²) >= 11 is 0. The van der Waals surface area contributed by atoms with Gasteiger partial charge in [-0.3, -0.25) is 13.9 Å². The van der Waals surface area contributed by atoms with E-state index in [-0.39, 0.29) is 31.2 Å². The number of alkyl carbamates (subject to hydrolysis) is 1. The maximum atomic E-state index is 13.5. The number of benzene rings is 2. The molecule has 8 heteroatoms. The van der Waals surface area contributed by atoms with Crippen LogP contribution in [0.25, 0.3) is 16.9 Å². The summed E-state index contributed by atoms with van der Waals surface area (Å²) < 4.78 is 7.86. The number of unbranched alkanes of at least 4 members (excludes halogenated alkanes) is 3. The molecule has 1 heterocycles. The smallest absolute Gasteiger partial charge is 0.407 e. The van der Waals surface area contributed by atoms with Crippen molar-refractivity contribution in [1.82, 2.24) is 19.8 Å². The number of amides is 1. The third-order valence-corrected chi connectivity index (χ3v) is 6.39. The Morgan fingerprint density at radius 1 is 0.850 bits per heavy atom. The van der Waals surface area contributed by atoms with Gasteiger partial charge in [-0.05, 0) is 51.4 Å². The summed E-state index contributed by atoms with van der Waals surface area (Å²) in [4.78, 5) is 37.7. The summed E-state index contributed by atoms with van der Waals surface area (Å²) in [6, 6.07) is 16.9. The minimum atomic E-state index is -0.559. The molecule has 8 nitrogen and oxygen atoms in total. The van der Waals surface area contributed by atoms with Gasteiger partial charge in [-0.25, -0.2) is 9.59 Å². The highest BCUT2D eigenvalue weighted by Gasteiger charge is 2.25. The van der Waals surface area contributed by atoms with E-state index < -0.39 is 6.09 Å².